The van der Waals surface area contributed by atoms with Gasteiger partial charge in [-0.25, -0.2) is 13.9 Å². The van der Waals surface area contributed by atoms with Gasteiger partial charge in [-0.1, -0.05) is 36.4 Å². The highest BCUT2D eigenvalue weighted by atomic mass is 32.2. The number of benzene rings is 2. The number of aromatic nitrogens is 4. The average Bonchev–Trinajstić information content (AvgIpc) is 3.35. The van der Waals surface area contributed by atoms with E-state index in [-0.39, 0.29) is 25.3 Å². The van der Waals surface area contributed by atoms with Crippen molar-refractivity contribution in [1.82, 2.24) is 25.9 Å². The molecule has 1 amide bonds. The number of hydrogen-bond donors (Lipinski definition) is 2. The lowest BCUT2D eigenvalue weighted by molar-refractivity contribution is -0.133. The van der Waals surface area contributed by atoms with E-state index in [0.29, 0.717) is 11.6 Å². The summed E-state index contributed by atoms with van der Waals surface area (Å²) in [6, 6.07) is 17.4. The van der Waals surface area contributed by atoms with Crippen molar-refractivity contribution < 1.29 is 13.6 Å². The number of H-pyrrole nitrogens is 1. The van der Waals surface area contributed by atoms with Crippen molar-refractivity contribution in [3.8, 4) is 17.2 Å². The molecule has 2 aromatic carbocycles. The molecule has 1 fully saturated rings. The molecular weight excluding hydrogens is 446 g/mol. The molecule has 1 aliphatic rings. The number of alkyl halides is 2. The minimum atomic E-state index is -2.89. The van der Waals surface area contributed by atoms with Gasteiger partial charge in [-0.15, -0.1) is 16.9 Å². The van der Waals surface area contributed by atoms with E-state index in [4.69, 9.17) is 5.26 Å². The minimum absolute atomic E-state index is 0.196. The van der Waals surface area contributed by atoms with Crippen LogP contribution in [0.15, 0.2) is 53.4 Å². The largest absolute Gasteiger partial charge is 0.343 e. The van der Waals surface area contributed by atoms with Crippen LogP contribution in [0.3, 0.4) is 0 Å². The van der Waals surface area contributed by atoms with Gasteiger partial charge < -0.3 is 5.32 Å². The van der Waals surface area contributed by atoms with Gasteiger partial charge in [0.1, 0.15) is 6.54 Å². The lowest BCUT2D eigenvalue weighted by Gasteiger charge is -2.36. The number of hydrogen-bond acceptors (Lipinski definition) is 6. The number of tetrazole rings is 1. The second-order valence-electron chi connectivity index (χ2n) is 7.94. The first-order valence-electron chi connectivity index (χ1n) is 10.5. The predicted molar refractivity (Wildman–Crippen MR) is 119 cm³/mol. The summed E-state index contributed by atoms with van der Waals surface area (Å²) in [7, 11) is 0. The Bertz CT molecular complexity index is 1130. The van der Waals surface area contributed by atoms with Gasteiger partial charge in [-0.3, -0.25) is 4.79 Å². The Hall–Kier alpha value is -3.32. The number of thioether (sulfide) groups is 1. The molecule has 0 radical (unpaired) electrons. The zero-order valence-electron chi connectivity index (χ0n) is 17.7. The predicted octanol–water partition coefficient (Wildman–Crippen LogP) is 4.32. The molecule has 2 N–H and O–H groups in total. The molecule has 1 aliphatic carbocycles. The number of amides is 1. The van der Waals surface area contributed by atoms with Crippen LogP contribution in [0.5, 0.6) is 0 Å². The van der Waals surface area contributed by atoms with Gasteiger partial charge in [-0.2, -0.15) is 5.26 Å². The lowest BCUT2D eigenvalue weighted by Crippen LogP contribution is -2.41. The topological polar surface area (TPSA) is 107 Å². The third-order valence-electron chi connectivity index (χ3n) is 5.79. The van der Waals surface area contributed by atoms with Crippen molar-refractivity contribution in [1.29, 1.82) is 5.26 Å². The summed E-state index contributed by atoms with van der Waals surface area (Å²) in [6.07, 6.45) is -0.580. The summed E-state index contributed by atoms with van der Waals surface area (Å²) < 4.78 is 28.4. The first-order chi connectivity index (χ1) is 16.0. The van der Waals surface area contributed by atoms with Gasteiger partial charge in [0, 0.05) is 17.7 Å². The first-order valence-corrected chi connectivity index (χ1v) is 11.5. The number of carbonyl (C=O) groups is 1. The third kappa shape index (κ3) is 5.54. The summed E-state index contributed by atoms with van der Waals surface area (Å²) in [5.74, 6) is -3.34. The van der Waals surface area contributed by atoms with E-state index in [1.165, 1.54) is 0 Å². The highest BCUT2D eigenvalue weighted by Gasteiger charge is 2.45. The number of rotatable bonds is 7. The van der Waals surface area contributed by atoms with Crippen LogP contribution in [-0.4, -0.2) is 39.0 Å². The smallest absolute Gasteiger partial charge is 0.249 e. The Morgan fingerprint density at radius 3 is 2.76 bits per heavy atom. The molecule has 0 unspecified atom stereocenters. The van der Waals surface area contributed by atoms with Crippen LogP contribution >= 0.6 is 11.8 Å². The van der Waals surface area contributed by atoms with Gasteiger partial charge in [0.05, 0.1) is 17.7 Å². The number of nitrogens with one attached hydrogen (secondary N) is 2. The molecule has 0 bridgehead atoms. The highest BCUT2D eigenvalue weighted by molar-refractivity contribution is 7.98. The van der Waals surface area contributed by atoms with Gasteiger partial charge in [0.25, 0.3) is 0 Å². The molecule has 1 heterocycles. The molecule has 3 aromatic rings. The molecular formula is C23H22F2N6OS. The molecule has 0 aliphatic heterocycles. The normalized spacial score (nSPS) is 19.5. The van der Waals surface area contributed by atoms with Crippen molar-refractivity contribution >= 4 is 17.7 Å². The van der Waals surface area contributed by atoms with Crippen molar-refractivity contribution in [2.24, 2.45) is 5.92 Å². The molecule has 7 nitrogen and oxygen atoms in total. The van der Waals surface area contributed by atoms with E-state index in [0.717, 1.165) is 21.6 Å². The lowest BCUT2D eigenvalue weighted by atomic mass is 9.72. The quantitative estimate of drug-likeness (QED) is 0.395. The maximum absolute atomic E-state index is 14.2. The molecule has 10 heteroatoms. The first kappa shape index (κ1) is 22.9. The van der Waals surface area contributed by atoms with E-state index in [1.807, 2.05) is 54.6 Å². The Balaban J connectivity index is 1.58. The maximum Gasteiger partial charge on any atom is 0.249 e. The summed E-state index contributed by atoms with van der Waals surface area (Å²) in [4.78, 5) is 13.7. The summed E-state index contributed by atoms with van der Waals surface area (Å²) in [5.41, 5.74) is 2.74. The van der Waals surface area contributed by atoms with Gasteiger partial charge in [0.15, 0.2) is 5.82 Å². The van der Waals surface area contributed by atoms with E-state index in [1.54, 1.807) is 11.8 Å². The van der Waals surface area contributed by atoms with Crippen molar-refractivity contribution in [2.75, 3.05) is 6.54 Å². The number of nitrogens with zero attached hydrogens (tertiary/aromatic N) is 4. The summed E-state index contributed by atoms with van der Waals surface area (Å²) >= 11 is 1.59. The van der Waals surface area contributed by atoms with Crippen molar-refractivity contribution in [2.45, 2.75) is 41.8 Å². The van der Waals surface area contributed by atoms with Crippen LogP contribution in [0, 0.1) is 17.2 Å². The SMILES string of the molecule is N#CCNC(=O)[C@@H]1CC(F)(F)CC[C@H]1c1ccccc1-c1ccc(SCc2nnn[nH]2)cc1. The fourth-order valence-corrected chi connectivity index (χ4v) is 5.00. The monoisotopic (exact) mass is 468 g/mol. The van der Waals surface area contributed by atoms with Crippen LogP contribution in [-0.2, 0) is 10.5 Å². The third-order valence-corrected chi connectivity index (χ3v) is 6.82. The summed E-state index contributed by atoms with van der Waals surface area (Å²) in [5, 5.41) is 25.0. The molecule has 4 rings (SSSR count). The Morgan fingerprint density at radius 1 is 1.24 bits per heavy atom. The second kappa shape index (κ2) is 10.1. The Morgan fingerprint density at radius 2 is 2.03 bits per heavy atom. The maximum atomic E-state index is 14.2. The van der Waals surface area contributed by atoms with Gasteiger partial charge in [0.2, 0.25) is 11.8 Å². The Kier molecular flexibility index (Phi) is 6.99. The molecule has 170 valence electrons. The Labute approximate surface area is 194 Å². The van der Waals surface area contributed by atoms with E-state index in [2.05, 4.69) is 25.9 Å². The van der Waals surface area contributed by atoms with Crippen LogP contribution in [0.4, 0.5) is 8.78 Å². The number of carbonyl (C=O) groups excluding carboxylic acids is 1. The average molecular weight is 469 g/mol. The van der Waals surface area contributed by atoms with Crippen LogP contribution in [0.2, 0.25) is 0 Å². The minimum Gasteiger partial charge on any atom is -0.343 e. The van der Waals surface area contributed by atoms with Crippen molar-refractivity contribution in [3.05, 3.63) is 59.9 Å². The van der Waals surface area contributed by atoms with E-state index < -0.39 is 24.2 Å². The molecule has 1 aromatic heterocycles. The van der Waals surface area contributed by atoms with Gasteiger partial charge >= 0.3 is 0 Å². The zero-order valence-corrected chi connectivity index (χ0v) is 18.5. The van der Waals surface area contributed by atoms with Crippen LogP contribution in [0.25, 0.3) is 11.1 Å². The number of nitriles is 1. The van der Waals surface area contributed by atoms with E-state index >= 15 is 0 Å². The second-order valence-corrected chi connectivity index (χ2v) is 8.98. The van der Waals surface area contributed by atoms with E-state index in [9.17, 15) is 13.6 Å². The fourth-order valence-electron chi connectivity index (χ4n) is 4.24. The standard InChI is InChI=1S/C23H22F2N6OS/c24-23(25)10-9-19(20(13-23)22(32)27-12-11-26)18-4-2-1-3-17(18)15-5-7-16(8-6-15)33-14-21-28-30-31-29-21/h1-8,19-20H,9-10,12-14H2,(H,27,32)(H,28,29,30,31)/t19-,20+/m0/s1. The highest BCUT2D eigenvalue weighted by Crippen LogP contribution is 2.47. The number of aromatic amines is 1. The molecule has 2 atom stereocenters. The van der Waals surface area contributed by atoms with Crippen LogP contribution in [0.1, 0.15) is 36.6 Å². The molecule has 0 spiro atoms. The van der Waals surface area contributed by atoms with Gasteiger partial charge in [-0.05, 0) is 51.6 Å². The number of halogens is 2. The zero-order chi connectivity index (χ0) is 23.3. The van der Waals surface area contributed by atoms with Crippen LogP contribution < -0.4 is 5.32 Å². The summed E-state index contributed by atoms with van der Waals surface area (Å²) in [6.45, 7) is -0.196. The molecule has 33 heavy (non-hydrogen) atoms. The fraction of sp³-hybridized carbons (Fsp3) is 0.348. The molecule has 0 saturated heterocycles. The molecule has 1 saturated carbocycles. The van der Waals surface area contributed by atoms with Crippen molar-refractivity contribution in [3.63, 3.8) is 0 Å².